The van der Waals surface area contributed by atoms with Crippen LogP contribution < -0.4 is 16.0 Å². The van der Waals surface area contributed by atoms with Gasteiger partial charge in [-0.25, -0.2) is 15.8 Å². The van der Waals surface area contributed by atoms with E-state index in [-0.39, 0.29) is 6.61 Å². The van der Waals surface area contributed by atoms with Crippen molar-refractivity contribution in [2.45, 2.75) is 13.5 Å². The van der Waals surface area contributed by atoms with Gasteiger partial charge in [0.2, 0.25) is 0 Å². The van der Waals surface area contributed by atoms with Crippen LogP contribution in [0.25, 0.3) is 0 Å². The third kappa shape index (κ3) is 3.70. The first-order valence-corrected chi connectivity index (χ1v) is 6.23. The summed E-state index contributed by atoms with van der Waals surface area (Å²) in [6.45, 7) is 2.07. The molecule has 0 amide bonds. The van der Waals surface area contributed by atoms with Gasteiger partial charge < -0.3 is 10.2 Å². The molecule has 0 saturated heterocycles. The molecule has 3 N–H and O–H groups in total. The molecular formula is C12H12Cl2N4O. The summed E-state index contributed by atoms with van der Waals surface area (Å²) < 4.78 is 5.55. The first-order valence-electron chi connectivity index (χ1n) is 5.47. The maximum Gasteiger partial charge on any atom is 0.168 e. The Kier molecular flexibility index (Phi) is 4.42. The van der Waals surface area contributed by atoms with Crippen LogP contribution in [0.15, 0.2) is 24.3 Å². The molecule has 2 rings (SSSR count). The van der Waals surface area contributed by atoms with Gasteiger partial charge in [-0.1, -0.05) is 23.2 Å². The van der Waals surface area contributed by atoms with E-state index in [9.17, 15) is 0 Å². The number of nitrogens with two attached hydrogens (primary N) is 1. The summed E-state index contributed by atoms with van der Waals surface area (Å²) in [7, 11) is 0. The number of ether oxygens (including phenoxy) is 1. The first kappa shape index (κ1) is 13.9. The molecule has 0 aliphatic carbocycles. The van der Waals surface area contributed by atoms with Gasteiger partial charge in [0.05, 0.1) is 10.0 Å². The van der Waals surface area contributed by atoms with Gasteiger partial charge in [-0.15, -0.1) is 0 Å². The fourth-order valence-corrected chi connectivity index (χ4v) is 1.77. The number of nitrogens with one attached hydrogen (secondary N) is 1. The highest BCUT2D eigenvalue weighted by molar-refractivity contribution is 6.42. The zero-order valence-corrected chi connectivity index (χ0v) is 11.7. The summed E-state index contributed by atoms with van der Waals surface area (Å²) in [5, 5.41) is 0.920. The van der Waals surface area contributed by atoms with E-state index in [1.807, 2.05) is 6.92 Å². The highest BCUT2D eigenvalue weighted by Gasteiger charge is 2.04. The molecule has 100 valence electrons. The molecule has 1 aromatic heterocycles. The van der Waals surface area contributed by atoms with Gasteiger partial charge in [0, 0.05) is 17.8 Å². The van der Waals surface area contributed by atoms with E-state index < -0.39 is 0 Å². The number of aromatic nitrogens is 2. The molecule has 19 heavy (non-hydrogen) atoms. The van der Waals surface area contributed by atoms with E-state index in [0.29, 0.717) is 27.4 Å². The van der Waals surface area contributed by atoms with E-state index in [1.165, 1.54) is 0 Å². The predicted molar refractivity (Wildman–Crippen MR) is 75.4 cm³/mol. The van der Waals surface area contributed by atoms with Crippen LogP contribution in [0.1, 0.15) is 11.5 Å². The molecule has 0 saturated carbocycles. The molecule has 1 aromatic carbocycles. The van der Waals surface area contributed by atoms with Gasteiger partial charge in [0.15, 0.2) is 5.82 Å². The van der Waals surface area contributed by atoms with E-state index in [1.54, 1.807) is 24.3 Å². The van der Waals surface area contributed by atoms with Gasteiger partial charge in [-0.2, -0.15) is 0 Å². The number of nitrogens with zero attached hydrogens (tertiary/aromatic N) is 2. The van der Waals surface area contributed by atoms with E-state index in [4.69, 9.17) is 33.8 Å². The number of nitrogen functional groups attached to an aromatic ring is 1. The van der Waals surface area contributed by atoms with Crippen molar-refractivity contribution in [1.29, 1.82) is 0 Å². The lowest BCUT2D eigenvalue weighted by atomic mass is 10.3. The number of rotatable bonds is 4. The van der Waals surface area contributed by atoms with Crippen LogP contribution in [-0.2, 0) is 6.61 Å². The summed E-state index contributed by atoms with van der Waals surface area (Å²) in [4.78, 5) is 8.42. The maximum absolute atomic E-state index is 5.90. The fourth-order valence-electron chi connectivity index (χ4n) is 1.48. The van der Waals surface area contributed by atoms with E-state index in [2.05, 4.69) is 15.4 Å². The van der Waals surface area contributed by atoms with Crippen molar-refractivity contribution in [3.63, 3.8) is 0 Å². The molecule has 0 fully saturated rings. The Bertz CT molecular complexity index is 592. The zero-order valence-electron chi connectivity index (χ0n) is 10.2. The molecular weight excluding hydrogens is 287 g/mol. The summed E-state index contributed by atoms with van der Waals surface area (Å²) in [6, 6.07) is 6.78. The monoisotopic (exact) mass is 298 g/mol. The van der Waals surface area contributed by atoms with Crippen LogP contribution in [0.4, 0.5) is 5.82 Å². The Balaban J connectivity index is 2.09. The molecule has 2 aromatic rings. The standard InChI is InChI=1S/C12H12Cl2N4O/c1-7-4-11(18-15)17-12(16-7)6-19-8-2-3-9(13)10(14)5-8/h2-5H,6,15H2,1H3,(H,16,17,18). The Hall–Kier alpha value is -1.56. The number of halogens is 2. The maximum atomic E-state index is 5.90. The highest BCUT2D eigenvalue weighted by atomic mass is 35.5. The summed E-state index contributed by atoms with van der Waals surface area (Å²) in [5.41, 5.74) is 3.28. The Labute approximate surface area is 120 Å². The van der Waals surface area contributed by atoms with Crippen LogP contribution >= 0.6 is 23.2 Å². The Morgan fingerprint density at radius 3 is 2.68 bits per heavy atom. The second-order valence-electron chi connectivity index (χ2n) is 3.82. The van der Waals surface area contributed by atoms with Crippen LogP contribution in [0.2, 0.25) is 10.0 Å². The fraction of sp³-hybridized carbons (Fsp3) is 0.167. The van der Waals surface area contributed by atoms with Crippen molar-refractivity contribution in [2.75, 3.05) is 5.43 Å². The second-order valence-corrected chi connectivity index (χ2v) is 4.63. The molecule has 0 spiro atoms. The quantitative estimate of drug-likeness (QED) is 0.670. The van der Waals surface area contributed by atoms with E-state index in [0.717, 1.165) is 5.69 Å². The SMILES string of the molecule is Cc1cc(NN)nc(COc2ccc(Cl)c(Cl)c2)n1. The minimum atomic E-state index is 0.217. The minimum absolute atomic E-state index is 0.217. The molecule has 0 unspecified atom stereocenters. The van der Waals surface area contributed by atoms with Crippen molar-refractivity contribution in [2.24, 2.45) is 5.84 Å². The molecule has 0 atom stereocenters. The highest BCUT2D eigenvalue weighted by Crippen LogP contribution is 2.26. The van der Waals surface area contributed by atoms with Gasteiger partial charge in [0.25, 0.3) is 0 Å². The van der Waals surface area contributed by atoms with E-state index >= 15 is 0 Å². The lowest BCUT2D eigenvalue weighted by Crippen LogP contribution is -2.12. The number of anilines is 1. The molecule has 0 bridgehead atoms. The topological polar surface area (TPSA) is 73.1 Å². The normalized spacial score (nSPS) is 10.3. The number of hydrogen-bond donors (Lipinski definition) is 2. The molecule has 1 heterocycles. The molecule has 0 aliphatic heterocycles. The summed E-state index contributed by atoms with van der Waals surface area (Å²) >= 11 is 11.7. The largest absolute Gasteiger partial charge is 0.486 e. The molecule has 0 radical (unpaired) electrons. The van der Waals surface area contributed by atoms with Crippen molar-refractivity contribution >= 4 is 29.0 Å². The Morgan fingerprint density at radius 1 is 1.21 bits per heavy atom. The first-order chi connectivity index (χ1) is 9.08. The molecule has 0 aliphatic rings. The Morgan fingerprint density at radius 2 is 2.00 bits per heavy atom. The van der Waals surface area contributed by atoms with Crippen molar-refractivity contribution < 1.29 is 4.74 Å². The average Bonchev–Trinajstić information content (AvgIpc) is 2.39. The third-order valence-corrected chi connectivity index (χ3v) is 3.05. The summed E-state index contributed by atoms with van der Waals surface area (Å²) in [6.07, 6.45) is 0. The van der Waals surface area contributed by atoms with Crippen molar-refractivity contribution in [1.82, 2.24) is 9.97 Å². The minimum Gasteiger partial charge on any atom is -0.486 e. The van der Waals surface area contributed by atoms with Crippen molar-refractivity contribution in [3.05, 3.63) is 45.8 Å². The number of aryl methyl sites for hydroxylation is 1. The summed E-state index contributed by atoms with van der Waals surface area (Å²) in [5.74, 6) is 6.99. The third-order valence-electron chi connectivity index (χ3n) is 2.31. The van der Waals surface area contributed by atoms with Gasteiger partial charge in [-0.05, 0) is 19.1 Å². The lowest BCUT2D eigenvalue weighted by molar-refractivity contribution is 0.295. The molecule has 7 heteroatoms. The lowest BCUT2D eigenvalue weighted by Gasteiger charge is -2.08. The zero-order chi connectivity index (χ0) is 13.8. The predicted octanol–water partition coefficient (Wildman–Crippen LogP) is 2.96. The number of hydrogen-bond acceptors (Lipinski definition) is 5. The van der Waals surface area contributed by atoms with Crippen LogP contribution in [0.5, 0.6) is 5.75 Å². The second kappa shape index (κ2) is 6.06. The van der Waals surface area contributed by atoms with Crippen LogP contribution in [0.3, 0.4) is 0 Å². The number of benzene rings is 1. The van der Waals surface area contributed by atoms with Gasteiger partial charge in [0.1, 0.15) is 18.2 Å². The van der Waals surface area contributed by atoms with Gasteiger partial charge in [-0.3, -0.25) is 0 Å². The van der Waals surface area contributed by atoms with Crippen molar-refractivity contribution in [3.8, 4) is 5.75 Å². The van der Waals surface area contributed by atoms with Crippen LogP contribution in [0, 0.1) is 6.92 Å². The smallest absolute Gasteiger partial charge is 0.168 e. The van der Waals surface area contributed by atoms with Crippen LogP contribution in [-0.4, -0.2) is 9.97 Å². The number of hydrazine groups is 1. The van der Waals surface area contributed by atoms with Gasteiger partial charge >= 0.3 is 0 Å². The average molecular weight is 299 g/mol. The molecule has 5 nitrogen and oxygen atoms in total.